The fourth-order valence-corrected chi connectivity index (χ4v) is 1.76. The van der Waals surface area contributed by atoms with Gasteiger partial charge in [-0.2, -0.15) is 0 Å². The van der Waals surface area contributed by atoms with E-state index in [1.54, 1.807) is 0 Å². The lowest BCUT2D eigenvalue weighted by Crippen LogP contribution is -2.04. The van der Waals surface area contributed by atoms with Crippen molar-refractivity contribution in [2.75, 3.05) is 0 Å². The van der Waals surface area contributed by atoms with Gasteiger partial charge >= 0.3 is 0 Å². The number of rotatable bonds is 7. The Morgan fingerprint density at radius 3 is 2.33 bits per heavy atom. The van der Waals surface area contributed by atoms with E-state index in [1.807, 2.05) is 0 Å². The Kier molecular flexibility index (Phi) is 7.12. The van der Waals surface area contributed by atoms with Crippen LogP contribution in [-0.4, -0.2) is 6.29 Å². The van der Waals surface area contributed by atoms with Crippen LogP contribution in [0.4, 0.5) is 0 Å². The Labute approximate surface area is 76.6 Å². The summed E-state index contributed by atoms with van der Waals surface area (Å²) in [5.41, 5.74) is 0. The van der Waals surface area contributed by atoms with Gasteiger partial charge in [0.1, 0.15) is 6.29 Å². The van der Waals surface area contributed by atoms with Crippen molar-refractivity contribution < 1.29 is 4.79 Å². The number of hydrogen-bond donors (Lipinski definition) is 0. The van der Waals surface area contributed by atoms with Crippen LogP contribution in [0.3, 0.4) is 0 Å². The summed E-state index contributed by atoms with van der Waals surface area (Å²) in [6.45, 7) is 6.72. The molecule has 0 saturated carbocycles. The maximum absolute atomic E-state index is 10.2. The number of carbonyl (C=O) groups excluding carboxylic acids is 1. The molecule has 1 nitrogen and oxygen atoms in total. The SMILES string of the molecule is CCCC(CCC=O)CC(C)C. The number of carbonyl (C=O) groups is 1. The lowest BCUT2D eigenvalue weighted by atomic mass is 9.89. The van der Waals surface area contributed by atoms with Crippen molar-refractivity contribution in [1.29, 1.82) is 0 Å². The molecule has 1 unspecified atom stereocenters. The first-order valence-electron chi connectivity index (χ1n) is 5.14. The summed E-state index contributed by atoms with van der Waals surface area (Å²) < 4.78 is 0. The first kappa shape index (κ1) is 11.7. The first-order valence-corrected chi connectivity index (χ1v) is 5.14. The quantitative estimate of drug-likeness (QED) is 0.535. The average molecular weight is 170 g/mol. The van der Waals surface area contributed by atoms with Gasteiger partial charge in [0.25, 0.3) is 0 Å². The third-order valence-electron chi connectivity index (χ3n) is 2.19. The summed E-state index contributed by atoms with van der Waals surface area (Å²) in [6, 6.07) is 0. The third-order valence-corrected chi connectivity index (χ3v) is 2.19. The zero-order chi connectivity index (χ0) is 9.40. The Morgan fingerprint density at radius 1 is 1.25 bits per heavy atom. The molecule has 0 aromatic heterocycles. The van der Waals surface area contributed by atoms with Crippen LogP contribution in [0.15, 0.2) is 0 Å². The van der Waals surface area contributed by atoms with Crippen molar-refractivity contribution in [3.63, 3.8) is 0 Å². The fraction of sp³-hybridized carbons (Fsp3) is 0.909. The van der Waals surface area contributed by atoms with E-state index in [9.17, 15) is 4.79 Å². The van der Waals surface area contributed by atoms with Crippen molar-refractivity contribution in [2.24, 2.45) is 11.8 Å². The minimum absolute atomic E-state index is 0.747. The molecule has 0 rings (SSSR count). The molecular formula is C11H22O. The van der Waals surface area contributed by atoms with Gasteiger partial charge in [0.15, 0.2) is 0 Å². The molecule has 0 bridgehead atoms. The average Bonchev–Trinajstić information content (AvgIpc) is 2.00. The van der Waals surface area contributed by atoms with Gasteiger partial charge in [-0.25, -0.2) is 0 Å². The van der Waals surface area contributed by atoms with Crippen molar-refractivity contribution in [3.05, 3.63) is 0 Å². The van der Waals surface area contributed by atoms with E-state index in [1.165, 1.54) is 19.3 Å². The van der Waals surface area contributed by atoms with E-state index >= 15 is 0 Å². The minimum atomic E-state index is 0.747. The second kappa shape index (κ2) is 7.33. The van der Waals surface area contributed by atoms with Gasteiger partial charge in [0.05, 0.1) is 0 Å². The molecule has 0 spiro atoms. The molecule has 0 fully saturated rings. The van der Waals surface area contributed by atoms with E-state index in [4.69, 9.17) is 0 Å². The van der Waals surface area contributed by atoms with Crippen molar-refractivity contribution in [2.45, 2.75) is 52.9 Å². The maximum Gasteiger partial charge on any atom is 0.120 e. The monoisotopic (exact) mass is 170 g/mol. The zero-order valence-corrected chi connectivity index (χ0v) is 8.68. The molecule has 0 N–H and O–H groups in total. The molecule has 0 aromatic carbocycles. The Hall–Kier alpha value is -0.330. The van der Waals surface area contributed by atoms with E-state index < -0.39 is 0 Å². The van der Waals surface area contributed by atoms with Gasteiger partial charge in [-0.3, -0.25) is 0 Å². The molecule has 0 saturated heterocycles. The summed E-state index contributed by atoms with van der Waals surface area (Å²) in [7, 11) is 0. The van der Waals surface area contributed by atoms with Crippen molar-refractivity contribution >= 4 is 6.29 Å². The van der Waals surface area contributed by atoms with Gasteiger partial charge in [-0.1, -0.05) is 33.6 Å². The molecule has 0 aliphatic carbocycles. The molecule has 0 radical (unpaired) electrons. The Balaban J connectivity index is 3.61. The molecular weight excluding hydrogens is 148 g/mol. The predicted octanol–water partition coefficient (Wildman–Crippen LogP) is 3.43. The van der Waals surface area contributed by atoms with Crippen LogP contribution < -0.4 is 0 Å². The van der Waals surface area contributed by atoms with Gasteiger partial charge in [0, 0.05) is 6.42 Å². The van der Waals surface area contributed by atoms with E-state index in [-0.39, 0.29) is 0 Å². The van der Waals surface area contributed by atoms with Crippen LogP contribution in [-0.2, 0) is 4.79 Å². The highest BCUT2D eigenvalue weighted by Crippen LogP contribution is 2.21. The molecule has 12 heavy (non-hydrogen) atoms. The van der Waals surface area contributed by atoms with Crippen LogP contribution in [0.2, 0.25) is 0 Å². The van der Waals surface area contributed by atoms with Gasteiger partial charge in [-0.05, 0) is 24.7 Å². The van der Waals surface area contributed by atoms with Crippen LogP contribution >= 0.6 is 0 Å². The molecule has 0 amide bonds. The number of aldehydes is 1. The molecule has 0 aromatic rings. The van der Waals surface area contributed by atoms with Gasteiger partial charge in [-0.15, -0.1) is 0 Å². The van der Waals surface area contributed by atoms with Crippen LogP contribution in [0.5, 0.6) is 0 Å². The van der Waals surface area contributed by atoms with E-state index in [0.717, 1.165) is 31.0 Å². The summed E-state index contributed by atoms with van der Waals surface area (Å²) in [5, 5.41) is 0. The fourth-order valence-electron chi connectivity index (χ4n) is 1.76. The first-order chi connectivity index (χ1) is 5.70. The predicted molar refractivity (Wildman–Crippen MR) is 53.2 cm³/mol. The van der Waals surface area contributed by atoms with E-state index in [0.29, 0.717) is 0 Å². The molecule has 1 heteroatoms. The highest BCUT2D eigenvalue weighted by Gasteiger charge is 2.08. The molecule has 0 aliphatic heterocycles. The van der Waals surface area contributed by atoms with Crippen LogP contribution in [0, 0.1) is 11.8 Å². The third kappa shape index (κ3) is 6.38. The smallest absolute Gasteiger partial charge is 0.120 e. The van der Waals surface area contributed by atoms with E-state index in [2.05, 4.69) is 20.8 Å². The second-order valence-corrected chi connectivity index (χ2v) is 4.03. The number of hydrogen-bond acceptors (Lipinski definition) is 1. The van der Waals surface area contributed by atoms with Gasteiger partial charge < -0.3 is 4.79 Å². The maximum atomic E-state index is 10.2. The lowest BCUT2D eigenvalue weighted by Gasteiger charge is -2.16. The summed E-state index contributed by atoms with van der Waals surface area (Å²) >= 11 is 0. The van der Waals surface area contributed by atoms with Crippen molar-refractivity contribution in [1.82, 2.24) is 0 Å². The van der Waals surface area contributed by atoms with Crippen molar-refractivity contribution in [3.8, 4) is 0 Å². The molecule has 72 valence electrons. The molecule has 0 heterocycles. The topological polar surface area (TPSA) is 17.1 Å². The normalized spacial score (nSPS) is 13.3. The second-order valence-electron chi connectivity index (χ2n) is 4.03. The largest absolute Gasteiger partial charge is 0.303 e. The Bertz CT molecular complexity index is 108. The van der Waals surface area contributed by atoms with Gasteiger partial charge in [0.2, 0.25) is 0 Å². The zero-order valence-electron chi connectivity index (χ0n) is 8.68. The lowest BCUT2D eigenvalue weighted by molar-refractivity contribution is -0.108. The summed E-state index contributed by atoms with van der Waals surface area (Å²) in [5.74, 6) is 1.55. The molecule has 1 atom stereocenters. The van der Waals surface area contributed by atoms with Crippen LogP contribution in [0.25, 0.3) is 0 Å². The van der Waals surface area contributed by atoms with Crippen LogP contribution in [0.1, 0.15) is 52.9 Å². The highest BCUT2D eigenvalue weighted by atomic mass is 16.1. The molecule has 0 aliphatic rings. The summed E-state index contributed by atoms with van der Waals surface area (Å²) in [6.07, 6.45) is 6.69. The highest BCUT2D eigenvalue weighted by molar-refractivity contribution is 5.49. The Morgan fingerprint density at radius 2 is 1.92 bits per heavy atom. The minimum Gasteiger partial charge on any atom is -0.303 e. The standard InChI is InChI=1S/C11H22O/c1-4-6-11(7-5-8-12)9-10(2)3/h8,10-11H,4-7,9H2,1-3H3. The summed E-state index contributed by atoms with van der Waals surface area (Å²) in [4.78, 5) is 10.2.